The molecule has 1 aliphatic rings. The summed E-state index contributed by atoms with van der Waals surface area (Å²) in [6, 6.07) is 3.60. The van der Waals surface area contributed by atoms with Gasteiger partial charge in [0.2, 0.25) is 5.71 Å². The van der Waals surface area contributed by atoms with E-state index >= 15 is 0 Å². The molecule has 1 saturated carbocycles. The lowest BCUT2D eigenvalue weighted by Crippen LogP contribution is -3.01. The van der Waals surface area contributed by atoms with Crippen LogP contribution in [-0.4, -0.2) is 31.8 Å². The number of furan rings is 1. The highest BCUT2D eigenvalue weighted by molar-refractivity contribution is 6.10. The summed E-state index contributed by atoms with van der Waals surface area (Å²) in [5, 5.41) is 23.9. The highest BCUT2D eigenvalue weighted by Gasteiger charge is 2.38. The Kier molecular flexibility index (Phi) is 4.69. The number of anilines is 1. The number of carbonyl (C=O) groups excluding carboxylic acids is 1. The second-order valence-electron chi connectivity index (χ2n) is 7.43. The normalized spacial score (nSPS) is 15.0. The Bertz CT molecular complexity index is 1090. The van der Waals surface area contributed by atoms with Gasteiger partial charge in [-0.1, -0.05) is 0 Å². The summed E-state index contributed by atoms with van der Waals surface area (Å²) >= 11 is 0. The molecule has 1 fully saturated rings. The molecule has 1 amide bonds. The lowest BCUT2D eigenvalue weighted by atomic mass is 10.1. The van der Waals surface area contributed by atoms with Crippen LogP contribution in [-0.2, 0) is 6.54 Å². The molecule has 0 unspecified atom stereocenters. The SMILES string of the molecule is Cc1oc2ncnc(NC3(C)CC3)c2c1C(=O)NCc1cc([NH+](O)O)ccc1F. The first-order valence-corrected chi connectivity index (χ1v) is 9.11. The van der Waals surface area contributed by atoms with Crippen LogP contribution in [0.1, 0.15) is 41.4 Å². The fourth-order valence-electron chi connectivity index (χ4n) is 3.12. The molecule has 0 bridgehead atoms. The van der Waals surface area contributed by atoms with Crippen LogP contribution in [0.4, 0.5) is 15.9 Å². The number of rotatable bonds is 6. The van der Waals surface area contributed by atoms with Gasteiger partial charge in [0.1, 0.15) is 23.7 Å². The number of carbonyl (C=O) groups is 1. The Labute approximate surface area is 165 Å². The third kappa shape index (κ3) is 3.77. The summed E-state index contributed by atoms with van der Waals surface area (Å²) < 4.78 is 19.7. The lowest BCUT2D eigenvalue weighted by molar-refractivity contribution is -1.19. The predicted molar refractivity (Wildman–Crippen MR) is 99.6 cm³/mol. The van der Waals surface area contributed by atoms with Crippen LogP contribution >= 0.6 is 0 Å². The van der Waals surface area contributed by atoms with Crippen molar-refractivity contribution in [3.63, 3.8) is 0 Å². The number of hydrogen-bond donors (Lipinski definition) is 5. The highest BCUT2D eigenvalue weighted by Crippen LogP contribution is 2.40. The van der Waals surface area contributed by atoms with E-state index in [0.717, 1.165) is 18.9 Å². The number of aromatic nitrogens is 2. The van der Waals surface area contributed by atoms with Gasteiger partial charge in [-0.25, -0.2) is 14.4 Å². The summed E-state index contributed by atoms with van der Waals surface area (Å²) in [7, 11) is 0. The molecular formula is C19H21FN5O4+. The number of quaternary nitrogens is 1. The zero-order valence-electron chi connectivity index (χ0n) is 15.9. The molecule has 5 N–H and O–H groups in total. The summed E-state index contributed by atoms with van der Waals surface area (Å²) in [5.41, 5.74) is 0.676. The molecule has 1 aliphatic carbocycles. The zero-order valence-corrected chi connectivity index (χ0v) is 15.9. The van der Waals surface area contributed by atoms with Crippen LogP contribution in [0, 0.1) is 12.7 Å². The Morgan fingerprint density at radius 2 is 2.10 bits per heavy atom. The first kappa shape index (κ1) is 19.2. The van der Waals surface area contributed by atoms with Crippen molar-refractivity contribution in [3.05, 3.63) is 47.2 Å². The summed E-state index contributed by atoms with van der Waals surface area (Å²) in [5.74, 6) is -0.152. The van der Waals surface area contributed by atoms with Crippen molar-refractivity contribution >= 4 is 28.5 Å². The molecule has 0 atom stereocenters. The van der Waals surface area contributed by atoms with E-state index in [4.69, 9.17) is 4.42 Å². The number of hydrogen-bond acceptors (Lipinski definition) is 7. The topological polar surface area (TPSA) is 125 Å². The average molecular weight is 402 g/mol. The van der Waals surface area contributed by atoms with E-state index in [2.05, 4.69) is 27.5 Å². The van der Waals surface area contributed by atoms with E-state index in [0.29, 0.717) is 22.7 Å². The van der Waals surface area contributed by atoms with Gasteiger partial charge in [-0.15, -0.1) is 0 Å². The molecule has 9 nitrogen and oxygen atoms in total. The van der Waals surface area contributed by atoms with Crippen LogP contribution < -0.4 is 15.9 Å². The van der Waals surface area contributed by atoms with Gasteiger partial charge in [0.25, 0.3) is 5.91 Å². The van der Waals surface area contributed by atoms with Gasteiger partial charge in [0.15, 0.2) is 5.69 Å². The van der Waals surface area contributed by atoms with Crippen LogP contribution in [0.2, 0.25) is 0 Å². The fraction of sp³-hybridized carbons (Fsp3) is 0.316. The molecule has 0 saturated heterocycles. The van der Waals surface area contributed by atoms with E-state index in [-0.39, 0.29) is 28.9 Å². The van der Waals surface area contributed by atoms with Gasteiger partial charge < -0.3 is 15.1 Å². The second kappa shape index (κ2) is 7.07. The van der Waals surface area contributed by atoms with Gasteiger partial charge in [0, 0.05) is 29.8 Å². The molecule has 1 aromatic carbocycles. The summed E-state index contributed by atoms with van der Waals surface area (Å²) in [4.78, 5) is 21.3. The number of nitrogens with zero attached hydrogens (tertiary/aromatic N) is 2. The number of amides is 1. The molecule has 10 heteroatoms. The monoisotopic (exact) mass is 402 g/mol. The predicted octanol–water partition coefficient (Wildman–Crippen LogP) is 1.86. The number of fused-ring (bicyclic) bond motifs is 1. The first-order chi connectivity index (χ1) is 13.8. The van der Waals surface area contributed by atoms with Crippen molar-refractivity contribution in [3.8, 4) is 0 Å². The summed E-state index contributed by atoms with van der Waals surface area (Å²) in [6.45, 7) is 3.57. The van der Waals surface area contributed by atoms with E-state index < -0.39 is 17.0 Å². The van der Waals surface area contributed by atoms with E-state index in [1.165, 1.54) is 18.5 Å². The maximum atomic E-state index is 14.0. The van der Waals surface area contributed by atoms with Gasteiger partial charge in [-0.3, -0.25) is 4.79 Å². The van der Waals surface area contributed by atoms with Crippen molar-refractivity contribution in [1.29, 1.82) is 0 Å². The van der Waals surface area contributed by atoms with E-state index in [9.17, 15) is 19.6 Å². The molecule has 29 heavy (non-hydrogen) atoms. The third-order valence-corrected chi connectivity index (χ3v) is 5.05. The van der Waals surface area contributed by atoms with Gasteiger partial charge in [-0.05, 0) is 38.0 Å². The molecule has 0 aliphatic heterocycles. The van der Waals surface area contributed by atoms with Gasteiger partial charge in [0.05, 0.1) is 10.9 Å². The fourth-order valence-corrected chi connectivity index (χ4v) is 3.12. The van der Waals surface area contributed by atoms with Crippen molar-refractivity contribution < 1.29 is 29.2 Å². The second-order valence-corrected chi connectivity index (χ2v) is 7.43. The van der Waals surface area contributed by atoms with Crippen molar-refractivity contribution in [2.75, 3.05) is 5.32 Å². The van der Waals surface area contributed by atoms with Gasteiger partial charge in [-0.2, -0.15) is 10.4 Å². The van der Waals surface area contributed by atoms with Crippen molar-refractivity contribution in [1.82, 2.24) is 15.3 Å². The Balaban J connectivity index is 1.62. The summed E-state index contributed by atoms with van der Waals surface area (Å²) in [6.07, 6.45) is 3.38. The highest BCUT2D eigenvalue weighted by atomic mass is 19.1. The number of nitrogens with one attached hydrogen (secondary N) is 3. The van der Waals surface area contributed by atoms with E-state index in [1.807, 2.05) is 0 Å². The lowest BCUT2D eigenvalue weighted by Gasteiger charge is -2.13. The van der Waals surface area contributed by atoms with Crippen molar-refractivity contribution in [2.24, 2.45) is 0 Å². The smallest absolute Gasteiger partial charge is 0.255 e. The zero-order chi connectivity index (χ0) is 20.8. The Hall–Kier alpha value is -3.08. The molecule has 152 valence electrons. The molecule has 2 aromatic heterocycles. The Morgan fingerprint density at radius 3 is 2.79 bits per heavy atom. The average Bonchev–Trinajstić information content (AvgIpc) is 3.28. The molecular weight excluding hydrogens is 381 g/mol. The largest absolute Gasteiger partial charge is 0.442 e. The standard InChI is InChI=1S/C19H20FN5O4/c1-10-14(15-16(24-19(2)5-6-19)22-9-23-18(15)29-10)17(26)21-8-11-7-12(25(27)28)3-4-13(11)20/h3-4,7,9,27-28H,5-6,8H2,1-2H3,(H,21,26)(H,22,23,24)/p+1. The van der Waals surface area contributed by atoms with Crippen molar-refractivity contribution in [2.45, 2.75) is 38.8 Å². The minimum atomic E-state index is -0.921. The number of halogens is 1. The van der Waals surface area contributed by atoms with Crippen LogP contribution in [0.5, 0.6) is 0 Å². The minimum absolute atomic E-state index is 0.0538. The van der Waals surface area contributed by atoms with Crippen LogP contribution in [0.3, 0.4) is 0 Å². The van der Waals surface area contributed by atoms with Gasteiger partial charge >= 0.3 is 0 Å². The minimum Gasteiger partial charge on any atom is -0.442 e. The van der Waals surface area contributed by atoms with E-state index in [1.54, 1.807) is 6.92 Å². The molecule has 0 spiro atoms. The quantitative estimate of drug-likeness (QED) is 0.399. The molecule has 3 aromatic rings. The maximum absolute atomic E-state index is 14.0. The number of aryl methyl sites for hydroxylation is 1. The maximum Gasteiger partial charge on any atom is 0.255 e. The third-order valence-electron chi connectivity index (χ3n) is 5.05. The molecule has 2 heterocycles. The molecule has 0 radical (unpaired) electrons. The molecule has 4 rings (SSSR count). The number of benzene rings is 1. The van der Waals surface area contributed by atoms with Crippen LogP contribution in [0.15, 0.2) is 28.9 Å². The Morgan fingerprint density at radius 1 is 1.34 bits per heavy atom. The van der Waals surface area contributed by atoms with Crippen LogP contribution in [0.25, 0.3) is 11.1 Å². The first-order valence-electron chi connectivity index (χ1n) is 9.11.